The summed E-state index contributed by atoms with van der Waals surface area (Å²) in [5, 5.41) is 6.68. The lowest BCUT2D eigenvalue weighted by Crippen LogP contribution is -2.14. The third-order valence-corrected chi connectivity index (χ3v) is 3.84. The minimum absolute atomic E-state index is 0.0774. The number of carbonyl (C=O) groups is 2. The highest BCUT2D eigenvalue weighted by molar-refractivity contribution is 5.97. The summed E-state index contributed by atoms with van der Waals surface area (Å²) in [6.07, 6.45) is 2.19. The second-order valence-corrected chi connectivity index (χ2v) is 5.79. The predicted octanol–water partition coefficient (Wildman–Crippen LogP) is 3.62. The van der Waals surface area contributed by atoms with E-state index in [1.54, 1.807) is 24.3 Å². The van der Waals surface area contributed by atoms with Gasteiger partial charge in [-0.05, 0) is 48.4 Å². The maximum atomic E-state index is 12.3. The van der Waals surface area contributed by atoms with E-state index in [0.29, 0.717) is 17.8 Å². The SMILES string of the molecule is CC(=O)Nc1ccc(NC(=O)Cc2c[nH]c3cccc(C)c23)cc1. The van der Waals surface area contributed by atoms with Crippen LogP contribution < -0.4 is 10.6 Å². The highest BCUT2D eigenvalue weighted by Crippen LogP contribution is 2.23. The molecular formula is C19H19N3O2. The Hall–Kier alpha value is -3.08. The minimum atomic E-state index is -0.124. The monoisotopic (exact) mass is 321 g/mol. The smallest absolute Gasteiger partial charge is 0.228 e. The number of hydrogen-bond donors (Lipinski definition) is 3. The van der Waals surface area contributed by atoms with E-state index in [-0.39, 0.29) is 11.8 Å². The molecule has 5 heteroatoms. The lowest BCUT2D eigenvalue weighted by atomic mass is 10.1. The van der Waals surface area contributed by atoms with Crippen LogP contribution in [0.1, 0.15) is 18.1 Å². The molecule has 1 aromatic heterocycles. The third kappa shape index (κ3) is 3.46. The van der Waals surface area contributed by atoms with E-state index in [1.807, 2.05) is 31.3 Å². The number of rotatable bonds is 4. The number of benzene rings is 2. The first-order valence-electron chi connectivity index (χ1n) is 7.76. The van der Waals surface area contributed by atoms with E-state index in [0.717, 1.165) is 22.0 Å². The molecule has 2 aromatic carbocycles. The highest BCUT2D eigenvalue weighted by atomic mass is 16.2. The zero-order valence-corrected chi connectivity index (χ0v) is 13.6. The van der Waals surface area contributed by atoms with Gasteiger partial charge in [-0.15, -0.1) is 0 Å². The molecule has 5 nitrogen and oxygen atoms in total. The average Bonchev–Trinajstić information content (AvgIpc) is 2.93. The Morgan fingerprint density at radius 3 is 2.33 bits per heavy atom. The van der Waals surface area contributed by atoms with Crippen LogP contribution in [-0.2, 0) is 16.0 Å². The molecule has 3 N–H and O–H groups in total. The predicted molar refractivity (Wildman–Crippen MR) is 96.1 cm³/mol. The summed E-state index contributed by atoms with van der Waals surface area (Å²) in [7, 11) is 0. The summed E-state index contributed by atoms with van der Waals surface area (Å²) in [6, 6.07) is 13.1. The second kappa shape index (κ2) is 6.58. The number of carbonyl (C=O) groups excluding carboxylic acids is 2. The van der Waals surface area contributed by atoms with Gasteiger partial charge in [0, 0.05) is 35.4 Å². The van der Waals surface area contributed by atoms with Gasteiger partial charge in [0.1, 0.15) is 0 Å². The number of hydrogen-bond acceptors (Lipinski definition) is 2. The molecule has 0 aliphatic heterocycles. The molecule has 0 aliphatic rings. The molecule has 0 bridgehead atoms. The van der Waals surface area contributed by atoms with Crippen LogP contribution in [-0.4, -0.2) is 16.8 Å². The number of nitrogens with one attached hydrogen (secondary N) is 3. The van der Waals surface area contributed by atoms with Crippen molar-refractivity contribution >= 4 is 34.1 Å². The van der Waals surface area contributed by atoms with E-state index in [1.165, 1.54) is 6.92 Å². The Balaban J connectivity index is 1.70. The van der Waals surface area contributed by atoms with Gasteiger partial charge in [-0.2, -0.15) is 0 Å². The molecule has 24 heavy (non-hydrogen) atoms. The van der Waals surface area contributed by atoms with E-state index in [2.05, 4.69) is 15.6 Å². The molecule has 0 fully saturated rings. The normalized spacial score (nSPS) is 10.6. The summed E-state index contributed by atoms with van der Waals surface area (Å²) in [4.78, 5) is 26.5. The number of aromatic nitrogens is 1. The van der Waals surface area contributed by atoms with Gasteiger partial charge >= 0.3 is 0 Å². The number of aromatic amines is 1. The van der Waals surface area contributed by atoms with Gasteiger partial charge in [0.05, 0.1) is 6.42 Å². The molecular weight excluding hydrogens is 302 g/mol. The zero-order chi connectivity index (χ0) is 17.1. The molecule has 0 radical (unpaired) electrons. The summed E-state index contributed by atoms with van der Waals surface area (Å²) >= 11 is 0. The van der Waals surface area contributed by atoms with Crippen molar-refractivity contribution in [1.82, 2.24) is 4.98 Å². The van der Waals surface area contributed by atoms with Crippen LogP contribution in [0.2, 0.25) is 0 Å². The van der Waals surface area contributed by atoms with Crippen LogP contribution >= 0.6 is 0 Å². The first-order chi connectivity index (χ1) is 11.5. The van der Waals surface area contributed by atoms with Crippen molar-refractivity contribution in [2.75, 3.05) is 10.6 Å². The first kappa shape index (κ1) is 15.8. The lowest BCUT2D eigenvalue weighted by Gasteiger charge is -2.07. The molecule has 2 amide bonds. The molecule has 0 saturated carbocycles. The van der Waals surface area contributed by atoms with Crippen molar-refractivity contribution in [1.29, 1.82) is 0 Å². The topological polar surface area (TPSA) is 74.0 Å². The molecule has 0 saturated heterocycles. The Kier molecular flexibility index (Phi) is 4.33. The quantitative estimate of drug-likeness (QED) is 0.686. The van der Waals surface area contributed by atoms with Crippen LogP contribution in [0.4, 0.5) is 11.4 Å². The number of fused-ring (bicyclic) bond motifs is 1. The Bertz CT molecular complexity index is 895. The van der Waals surface area contributed by atoms with Crippen molar-refractivity contribution in [2.45, 2.75) is 20.3 Å². The van der Waals surface area contributed by atoms with Gasteiger partial charge < -0.3 is 15.6 Å². The van der Waals surface area contributed by atoms with Gasteiger partial charge in [0.15, 0.2) is 0 Å². The molecule has 0 atom stereocenters. The molecule has 3 aromatic rings. The van der Waals surface area contributed by atoms with Gasteiger partial charge in [-0.25, -0.2) is 0 Å². The minimum Gasteiger partial charge on any atom is -0.361 e. The third-order valence-electron chi connectivity index (χ3n) is 3.84. The van der Waals surface area contributed by atoms with Crippen molar-refractivity contribution in [3.8, 4) is 0 Å². The Morgan fingerprint density at radius 1 is 1.00 bits per heavy atom. The number of aryl methyl sites for hydroxylation is 1. The Labute approximate surface area is 140 Å². The van der Waals surface area contributed by atoms with Gasteiger partial charge in [-0.3, -0.25) is 9.59 Å². The summed E-state index contributed by atoms with van der Waals surface area (Å²) in [5.41, 5.74) is 4.57. The largest absolute Gasteiger partial charge is 0.361 e. The number of anilines is 2. The molecule has 0 aliphatic carbocycles. The van der Waals surface area contributed by atoms with Crippen molar-refractivity contribution in [2.24, 2.45) is 0 Å². The Morgan fingerprint density at radius 2 is 1.67 bits per heavy atom. The first-order valence-corrected chi connectivity index (χ1v) is 7.76. The van der Waals surface area contributed by atoms with Crippen LogP contribution in [0.25, 0.3) is 10.9 Å². The summed E-state index contributed by atoms with van der Waals surface area (Å²) < 4.78 is 0. The van der Waals surface area contributed by atoms with E-state index in [4.69, 9.17) is 0 Å². The molecule has 122 valence electrons. The van der Waals surface area contributed by atoms with Crippen molar-refractivity contribution in [3.63, 3.8) is 0 Å². The van der Waals surface area contributed by atoms with Gasteiger partial charge in [0.25, 0.3) is 0 Å². The highest BCUT2D eigenvalue weighted by Gasteiger charge is 2.10. The van der Waals surface area contributed by atoms with Gasteiger partial charge in [0.2, 0.25) is 11.8 Å². The molecule has 0 spiro atoms. The average molecular weight is 321 g/mol. The maximum absolute atomic E-state index is 12.3. The second-order valence-electron chi connectivity index (χ2n) is 5.79. The standard InChI is InChI=1S/C19H19N3O2/c1-12-4-3-5-17-19(12)14(11-20-17)10-18(24)22-16-8-6-15(7-9-16)21-13(2)23/h3-9,11,20H,10H2,1-2H3,(H,21,23)(H,22,24). The lowest BCUT2D eigenvalue weighted by molar-refractivity contribution is -0.116. The van der Waals surface area contributed by atoms with Crippen molar-refractivity contribution < 1.29 is 9.59 Å². The summed E-state index contributed by atoms with van der Waals surface area (Å²) in [6.45, 7) is 3.50. The number of amides is 2. The van der Waals surface area contributed by atoms with E-state index >= 15 is 0 Å². The van der Waals surface area contributed by atoms with Crippen LogP contribution in [0.3, 0.4) is 0 Å². The fourth-order valence-corrected chi connectivity index (χ4v) is 2.81. The van der Waals surface area contributed by atoms with E-state index in [9.17, 15) is 9.59 Å². The van der Waals surface area contributed by atoms with Crippen molar-refractivity contribution in [3.05, 3.63) is 59.8 Å². The molecule has 0 unspecified atom stereocenters. The fraction of sp³-hybridized carbons (Fsp3) is 0.158. The molecule has 3 rings (SSSR count). The van der Waals surface area contributed by atoms with Gasteiger partial charge in [-0.1, -0.05) is 12.1 Å². The van der Waals surface area contributed by atoms with Crippen LogP contribution in [0, 0.1) is 6.92 Å². The van der Waals surface area contributed by atoms with Crippen LogP contribution in [0.15, 0.2) is 48.7 Å². The van der Waals surface area contributed by atoms with Crippen LogP contribution in [0.5, 0.6) is 0 Å². The maximum Gasteiger partial charge on any atom is 0.228 e. The zero-order valence-electron chi connectivity index (χ0n) is 13.6. The number of H-pyrrole nitrogens is 1. The molecule has 1 heterocycles. The van der Waals surface area contributed by atoms with E-state index < -0.39 is 0 Å². The summed E-state index contributed by atoms with van der Waals surface area (Å²) in [5.74, 6) is -0.201. The fourth-order valence-electron chi connectivity index (χ4n) is 2.81.